The lowest BCUT2D eigenvalue weighted by Gasteiger charge is -2.25. The fraction of sp³-hybridized carbons (Fsp3) is 0.286. The first-order valence-corrected chi connectivity index (χ1v) is 12.4. The van der Waals surface area contributed by atoms with Crippen molar-refractivity contribution in [2.24, 2.45) is 5.92 Å². The number of hydrogen-bond donors (Lipinski definition) is 0. The van der Waals surface area contributed by atoms with Gasteiger partial charge in [0.2, 0.25) is 0 Å². The molecule has 0 fully saturated rings. The first-order valence-electron chi connectivity index (χ1n) is 12.4. The molecule has 9 heteroatoms. The smallest absolute Gasteiger partial charge is 0.262 e. The summed E-state index contributed by atoms with van der Waals surface area (Å²) in [4.78, 5) is 41.8. The number of rotatable bonds is 6. The zero-order valence-corrected chi connectivity index (χ0v) is 21.2. The van der Waals surface area contributed by atoms with Crippen molar-refractivity contribution in [2.75, 3.05) is 0 Å². The molecule has 2 amide bonds. The Morgan fingerprint density at radius 2 is 1.59 bits per heavy atom. The number of aromatic nitrogens is 6. The van der Waals surface area contributed by atoms with Crippen LogP contribution in [0.5, 0.6) is 0 Å². The molecule has 1 aromatic carbocycles. The lowest BCUT2D eigenvalue weighted by Crippen LogP contribution is -2.35. The Balaban J connectivity index is 1.48. The quantitative estimate of drug-likeness (QED) is 0.323. The number of benzene rings is 1. The normalized spacial score (nSPS) is 14.4. The van der Waals surface area contributed by atoms with Crippen LogP contribution in [0.15, 0.2) is 55.1 Å². The number of pyridine rings is 1. The molecular formula is C28H27N7O2. The molecule has 1 unspecified atom stereocenters. The van der Waals surface area contributed by atoms with E-state index in [-0.39, 0.29) is 17.7 Å². The fourth-order valence-electron chi connectivity index (χ4n) is 5.22. The number of carbonyl (C=O) groups is 2. The summed E-state index contributed by atoms with van der Waals surface area (Å²) in [6.45, 7) is 8.92. The SMILES string of the molecule is Cc1c(C)n(Cc2ccncc2)c2ncn3nc(C(CC(C)C)N4C(=O)c5ccccc5C4=O)nc3c12. The summed E-state index contributed by atoms with van der Waals surface area (Å²) in [5, 5.41) is 5.65. The van der Waals surface area contributed by atoms with Crippen LogP contribution in [0, 0.1) is 19.8 Å². The Morgan fingerprint density at radius 3 is 2.24 bits per heavy atom. The standard InChI is InChI=1S/C28H27N7O2/c1-16(2)13-22(35-27(36)20-7-5-6-8-21(20)28(35)37)24-31-26-23-17(3)18(4)33(14-19-9-11-29-12-10-19)25(23)30-15-34(26)32-24/h5-12,15-16,22H,13-14H2,1-4H3. The van der Waals surface area contributed by atoms with Gasteiger partial charge < -0.3 is 4.57 Å². The van der Waals surface area contributed by atoms with Gasteiger partial charge in [0.15, 0.2) is 11.5 Å². The topological polar surface area (TPSA) is 98.3 Å². The van der Waals surface area contributed by atoms with Crippen molar-refractivity contribution in [1.29, 1.82) is 0 Å². The lowest BCUT2D eigenvalue weighted by atomic mass is 10.0. The van der Waals surface area contributed by atoms with Crippen LogP contribution in [0.25, 0.3) is 16.7 Å². The minimum Gasteiger partial charge on any atom is -0.325 e. The Hall–Kier alpha value is -4.40. The van der Waals surface area contributed by atoms with Crippen molar-refractivity contribution < 1.29 is 9.59 Å². The highest BCUT2D eigenvalue weighted by atomic mass is 16.2. The molecule has 9 nitrogen and oxygen atoms in total. The van der Waals surface area contributed by atoms with Gasteiger partial charge in [-0.05, 0) is 61.6 Å². The van der Waals surface area contributed by atoms with Crippen LogP contribution in [-0.4, -0.2) is 45.8 Å². The van der Waals surface area contributed by atoms with E-state index in [0.717, 1.165) is 27.9 Å². The Kier molecular flexibility index (Phi) is 5.36. The number of aryl methyl sites for hydroxylation is 1. The van der Waals surface area contributed by atoms with E-state index in [4.69, 9.17) is 15.1 Å². The molecule has 1 aliphatic rings. The van der Waals surface area contributed by atoms with Crippen LogP contribution in [-0.2, 0) is 6.54 Å². The Morgan fingerprint density at radius 1 is 0.919 bits per heavy atom. The second kappa shape index (κ2) is 8.62. The molecule has 5 aromatic rings. The van der Waals surface area contributed by atoms with Crippen LogP contribution in [0.1, 0.15) is 69.7 Å². The molecule has 0 saturated heterocycles. The molecule has 0 N–H and O–H groups in total. The molecule has 1 aliphatic heterocycles. The monoisotopic (exact) mass is 493 g/mol. The van der Waals surface area contributed by atoms with E-state index >= 15 is 0 Å². The maximum Gasteiger partial charge on any atom is 0.262 e. The van der Waals surface area contributed by atoms with E-state index in [2.05, 4.69) is 37.2 Å². The van der Waals surface area contributed by atoms with Crippen LogP contribution in [0.4, 0.5) is 0 Å². The second-order valence-corrected chi connectivity index (χ2v) is 10.0. The number of imide groups is 1. The summed E-state index contributed by atoms with van der Waals surface area (Å²) in [7, 11) is 0. The average Bonchev–Trinajstić information content (AvgIpc) is 3.51. The number of hydrogen-bond acceptors (Lipinski definition) is 6. The summed E-state index contributed by atoms with van der Waals surface area (Å²) in [5.41, 5.74) is 5.63. The van der Waals surface area contributed by atoms with Crippen LogP contribution in [0.3, 0.4) is 0 Å². The van der Waals surface area contributed by atoms with Gasteiger partial charge in [0.25, 0.3) is 11.8 Å². The summed E-state index contributed by atoms with van der Waals surface area (Å²) in [6.07, 6.45) is 5.78. The van der Waals surface area contributed by atoms with Gasteiger partial charge in [-0.15, -0.1) is 5.10 Å². The van der Waals surface area contributed by atoms with E-state index in [1.165, 1.54) is 4.90 Å². The van der Waals surface area contributed by atoms with Crippen molar-refractivity contribution in [3.8, 4) is 0 Å². The highest BCUT2D eigenvalue weighted by Crippen LogP contribution is 2.35. The van der Waals surface area contributed by atoms with Gasteiger partial charge in [0.05, 0.1) is 16.5 Å². The van der Waals surface area contributed by atoms with E-state index in [1.54, 1.807) is 47.5 Å². The van der Waals surface area contributed by atoms with Crippen molar-refractivity contribution >= 4 is 28.5 Å². The summed E-state index contributed by atoms with van der Waals surface area (Å²) < 4.78 is 3.83. The number of amides is 2. The van der Waals surface area contributed by atoms with E-state index in [0.29, 0.717) is 35.6 Å². The molecule has 37 heavy (non-hydrogen) atoms. The van der Waals surface area contributed by atoms with Gasteiger partial charge in [-0.1, -0.05) is 26.0 Å². The van der Waals surface area contributed by atoms with Crippen LogP contribution < -0.4 is 0 Å². The molecule has 0 aliphatic carbocycles. The van der Waals surface area contributed by atoms with Gasteiger partial charge >= 0.3 is 0 Å². The van der Waals surface area contributed by atoms with Gasteiger partial charge in [0, 0.05) is 24.6 Å². The average molecular weight is 494 g/mol. The van der Waals surface area contributed by atoms with Crippen molar-refractivity contribution in [3.63, 3.8) is 0 Å². The molecule has 0 radical (unpaired) electrons. The van der Waals surface area contributed by atoms with Crippen molar-refractivity contribution in [2.45, 2.75) is 46.7 Å². The van der Waals surface area contributed by atoms with Crippen molar-refractivity contribution in [3.05, 3.63) is 88.9 Å². The molecule has 5 heterocycles. The van der Waals surface area contributed by atoms with E-state index in [1.807, 2.05) is 12.1 Å². The number of nitrogens with zero attached hydrogens (tertiary/aromatic N) is 7. The summed E-state index contributed by atoms with van der Waals surface area (Å²) in [6, 6.07) is 10.4. The molecule has 0 bridgehead atoms. The number of fused-ring (bicyclic) bond motifs is 4. The van der Waals surface area contributed by atoms with E-state index in [9.17, 15) is 9.59 Å². The van der Waals surface area contributed by atoms with Crippen LogP contribution in [0.2, 0.25) is 0 Å². The Bertz CT molecular complexity index is 1650. The first-order chi connectivity index (χ1) is 17.8. The van der Waals surface area contributed by atoms with Gasteiger partial charge in [-0.3, -0.25) is 19.5 Å². The minimum absolute atomic E-state index is 0.212. The van der Waals surface area contributed by atoms with Gasteiger partial charge in [-0.25, -0.2) is 14.5 Å². The zero-order valence-electron chi connectivity index (χ0n) is 21.2. The third kappa shape index (κ3) is 3.61. The fourth-order valence-corrected chi connectivity index (χ4v) is 5.22. The third-order valence-corrected chi connectivity index (χ3v) is 7.18. The van der Waals surface area contributed by atoms with E-state index < -0.39 is 6.04 Å². The lowest BCUT2D eigenvalue weighted by molar-refractivity contribution is 0.0555. The molecule has 6 rings (SSSR count). The predicted molar refractivity (Wildman–Crippen MR) is 138 cm³/mol. The van der Waals surface area contributed by atoms with Crippen LogP contribution >= 0.6 is 0 Å². The summed E-state index contributed by atoms with van der Waals surface area (Å²) >= 11 is 0. The maximum absolute atomic E-state index is 13.3. The molecule has 186 valence electrons. The molecule has 4 aromatic heterocycles. The summed E-state index contributed by atoms with van der Waals surface area (Å²) in [5.74, 6) is 0.0498. The Labute approximate surface area is 213 Å². The third-order valence-electron chi connectivity index (χ3n) is 7.18. The zero-order chi connectivity index (χ0) is 25.8. The number of carbonyl (C=O) groups excluding carboxylic acids is 2. The molecule has 1 atom stereocenters. The first kappa shape index (κ1) is 23.0. The highest BCUT2D eigenvalue weighted by Gasteiger charge is 2.42. The minimum atomic E-state index is -0.581. The maximum atomic E-state index is 13.3. The van der Waals surface area contributed by atoms with Gasteiger partial charge in [0.1, 0.15) is 18.0 Å². The molecule has 0 spiro atoms. The molecule has 0 saturated carbocycles. The largest absolute Gasteiger partial charge is 0.325 e. The molecular weight excluding hydrogens is 466 g/mol. The second-order valence-electron chi connectivity index (χ2n) is 10.0. The highest BCUT2D eigenvalue weighted by molar-refractivity contribution is 6.21. The van der Waals surface area contributed by atoms with Gasteiger partial charge in [-0.2, -0.15) is 0 Å². The predicted octanol–water partition coefficient (Wildman–Crippen LogP) is 4.52. The van der Waals surface area contributed by atoms with Crippen molar-refractivity contribution in [1.82, 2.24) is 34.0 Å².